The predicted octanol–water partition coefficient (Wildman–Crippen LogP) is 5.59. The summed E-state index contributed by atoms with van der Waals surface area (Å²) in [5.41, 5.74) is 1.19. The van der Waals surface area contributed by atoms with Crippen molar-refractivity contribution in [2.45, 2.75) is 13.5 Å². The van der Waals surface area contributed by atoms with Gasteiger partial charge in [0, 0.05) is 15.7 Å². The second-order valence-electron chi connectivity index (χ2n) is 5.24. The SMILES string of the molecule is Cc1nc(COc2ccccc2)sc1C(=O)Nc1cc(Cl)cc(Cl)c1. The van der Waals surface area contributed by atoms with Crippen molar-refractivity contribution in [1.29, 1.82) is 0 Å². The predicted molar refractivity (Wildman–Crippen MR) is 102 cm³/mol. The summed E-state index contributed by atoms with van der Waals surface area (Å²) in [6.07, 6.45) is 0. The van der Waals surface area contributed by atoms with E-state index in [1.54, 1.807) is 25.1 Å². The Hall–Kier alpha value is -2.08. The molecule has 0 fully saturated rings. The minimum atomic E-state index is -0.251. The number of carbonyl (C=O) groups is 1. The largest absolute Gasteiger partial charge is 0.486 e. The molecular formula is C18H14Cl2N2O2S. The first-order valence-electron chi connectivity index (χ1n) is 7.43. The molecule has 0 spiro atoms. The molecule has 0 radical (unpaired) electrons. The molecule has 1 aromatic heterocycles. The van der Waals surface area contributed by atoms with Crippen molar-refractivity contribution >= 4 is 46.1 Å². The number of hydrogen-bond acceptors (Lipinski definition) is 4. The highest BCUT2D eigenvalue weighted by Gasteiger charge is 2.16. The smallest absolute Gasteiger partial charge is 0.267 e. The highest BCUT2D eigenvalue weighted by molar-refractivity contribution is 7.13. The molecule has 3 rings (SSSR count). The lowest BCUT2D eigenvalue weighted by molar-refractivity contribution is 0.103. The van der Waals surface area contributed by atoms with Crippen molar-refractivity contribution < 1.29 is 9.53 Å². The first kappa shape index (κ1) is 17.7. The number of amides is 1. The molecule has 1 N–H and O–H groups in total. The molecule has 1 heterocycles. The summed E-state index contributed by atoms with van der Waals surface area (Å²) < 4.78 is 5.67. The van der Waals surface area contributed by atoms with Crippen LogP contribution in [0.15, 0.2) is 48.5 Å². The molecule has 0 aliphatic rings. The number of anilines is 1. The van der Waals surface area contributed by atoms with E-state index in [0.717, 1.165) is 10.8 Å². The molecule has 2 aromatic carbocycles. The number of thiazole rings is 1. The Bertz CT molecular complexity index is 877. The zero-order valence-electron chi connectivity index (χ0n) is 13.3. The molecule has 4 nitrogen and oxygen atoms in total. The number of nitrogens with one attached hydrogen (secondary N) is 1. The zero-order chi connectivity index (χ0) is 17.8. The maximum absolute atomic E-state index is 12.5. The number of ether oxygens (including phenoxy) is 1. The number of para-hydroxylation sites is 1. The van der Waals surface area contributed by atoms with Crippen LogP contribution in [0.5, 0.6) is 5.75 Å². The van der Waals surface area contributed by atoms with E-state index in [-0.39, 0.29) is 5.91 Å². The Labute approximate surface area is 159 Å². The molecule has 0 aliphatic carbocycles. The number of aryl methyl sites for hydroxylation is 1. The van der Waals surface area contributed by atoms with E-state index >= 15 is 0 Å². The minimum Gasteiger partial charge on any atom is -0.486 e. The van der Waals surface area contributed by atoms with E-state index < -0.39 is 0 Å². The van der Waals surface area contributed by atoms with Crippen LogP contribution in [0, 0.1) is 6.92 Å². The van der Waals surface area contributed by atoms with Gasteiger partial charge in [-0.3, -0.25) is 4.79 Å². The summed E-state index contributed by atoms with van der Waals surface area (Å²) in [5, 5.41) is 4.44. The minimum absolute atomic E-state index is 0.251. The third kappa shape index (κ3) is 4.72. The first-order chi connectivity index (χ1) is 12.0. The van der Waals surface area contributed by atoms with Gasteiger partial charge in [-0.1, -0.05) is 41.4 Å². The maximum atomic E-state index is 12.5. The molecule has 128 valence electrons. The Balaban J connectivity index is 1.69. The van der Waals surface area contributed by atoms with Gasteiger partial charge in [-0.25, -0.2) is 4.98 Å². The van der Waals surface area contributed by atoms with Gasteiger partial charge in [-0.2, -0.15) is 0 Å². The van der Waals surface area contributed by atoms with Crippen LogP contribution in [0.25, 0.3) is 0 Å². The molecule has 0 atom stereocenters. The van der Waals surface area contributed by atoms with E-state index in [0.29, 0.717) is 32.9 Å². The van der Waals surface area contributed by atoms with E-state index in [1.165, 1.54) is 11.3 Å². The summed E-state index contributed by atoms with van der Waals surface area (Å²) >= 11 is 13.2. The third-order valence-electron chi connectivity index (χ3n) is 3.27. The maximum Gasteiger partial charge on any atom is 0.267 e. The molecule has 0 saturated carbocycles. The van der Waals surface area contributed by atoms with E-state index in [1.807, 2.05) is 30.3 Å². The van der Waals surface area contributed by atoms with Gasteiger partial charge in [0.1, 0.15) is 22.2 Å². The summed E-state index contributed by atoms with van der Waals surface area (Å²) in [5.74, 6) is 0.509. The van der Waals surface area contributed by atoms with Gasteiger partial charge in [0.25, 0.3) is 5.91 Å². The van der Waals surface area contributed by atoms with Gasteiger partial charge in [-0.05, 0) is 37.3 Å². The van der Waals surface area contributed by atoms with E-state index in [4.69, 9.17) is 27.9 Å². The second kappa shape index (κ2) is 7.87. The molecule has 0 aliphatic heterocycles. The van der Waals surface area contributed by atoms with Crippen LogP contribution < -0.4 is 10.1 Å². The average molecular weight is 393 g/mol. The molecule has 0 bridgehead atoms. The van der Waals surface area contributed by atoms with Crippen LogP contribution in [0.4, 0.5) is 5.69 Å². The van der Waals surface area contributed by atoms with Crippen molar-refractivity contribution in [3.8, 4) is 5.75 Å². The van der Waals surface area contributed by atoms with Crippen LogP contribution in [0.3, 0.4) is 0 Å². The quantitative estimate of drug-likeness (QED) is 0.615. The summed E-state index contributed by atoms with van der Waals surface area (Å²) in [7, 11) is 0. The van der Waals surface area contributed by atoms with Crippen molar-refractivity contribution in [1.82, 2.24) is 4.98 Å². The fraction of sp³-hybridized carbons (Fsp3) is 0.111. The number of rotatable bonds is 5. The van der Waals surface area contributed by atoms with Gasteiger partial charge >= 0.3 is 0 Å². The van der Waals surface area contributed by atoms with Crippen LogP contribution in [-0.2, 0) is 6.61 Å². The number of nitrogens with zero attached hydrogens (tertiary/aromatic N) is 1. The Kier molecular flexibility index (Phi) is 5.58. The fourth-order valence-corrected chi connectivity index (χ4v) is 3.60. The standard InChI is InChI=1S/C18H14Cl2N2O2S/c1-11-17(18(23)22-14-8-12(19)7-13(20)9-14)25-16(21-11)10-24-15-5-3-2-4-6-15/h2-9H,10H2,1H3,(H,22,23). The van der Waals surface area contributed by atoms with Gasteiger partial charge in [0.15, 0.2) is 0 Å². The number of benzene rings is 2. The van der Waals surface area contributed by atoms with Crippen molar-refractivity contribution in [3.05, 3.63) is 74.2 Å². The topological polar surface area (TPSA) is 51.2 Å². The highest BCUT2D eigenvalue weighted by atomic mass is 35.5. The summed E-state index contributed by atoms with van der Waals surface area (Å²) in [6.45, 7) is 2.11. The molecular weight excluding hydrogens is 379 g/mol. The van der Waals surface area contributed by atoms with E-state index in [2.05, 4.69) is 10.3 Å². The molecule has 1 amide bonds. The lowest BCUT2D eigenvalue weighted by atomic mass is 10.3. The number of hydrogen-bond donors (Lipinski definition) is 1. The highest BCUT2D eigenvalue weighted by Crippen LogP contribution is 2.25. The van der Waals surface area contributed by atoms with Crippen LogP contribution in [0.2, 0.25) is 10.0 Å². The number of aromatic nitrogens is 1. The van der Waals surface area contributed by atoms with Crippen molar-refractivity contribution in [2.24, 2.45) is 0 Å². The third-order valence-corrected chi connectivity index (χ3v) is 4.84. The average Bonchev–Trinajstić information content (AvgIpc) is 2.94. The lowest BCUT2D eigenvalue weighted by Gasteiger charge is -2.05. The number of carbonyl (C=O) groups excluding carboxylic acids is 1. The summed E-state index contributed by atoms with van der Waals surface area (Å²) in [6, 6.07) is 14.4. The van der Waals surface area contributed by atoms with Crippen LogP contribution >= 0.6 is 34.5 Å². The molecule has 0 saturated heterocycles. The van der Waals surface area contributed by atoms with Crippen molar-refractivity contribution in [3.63, 3.8) is 0 Å². The second-order valence-corrected chi connectivity index (χ2v) is 7.19. The summed E-state index contributed by atoms with van der Waals surface area (Å²) in [4.78, 5) is 17.4. The van der Waals surface area contributed by atoms with Crippen molar-refractivity contribution in [2.75, 3.05) is 5.32 Å². The lowest BCUT2D eigenvalue weighted by Crippen LogP contribution is -2.11. The zero-order valence-corrected chi connectivity index (χ0v) is 15.6. The molecule has 0 unspecified atom stereocenters. The monoisotopic (exact) mass is 392 g/mol. The van der Waals surface area contributed by atoms with Gasteiger partial charge in [0.05, 0.1) is 5.69 Å². The normalized spacial score (nSPS) is 10.5. The van der Waals surface area contributed by atoms with Gasteiger partial charge in [0.2, 0.25) is 0 Å². The van der Waals surface area contributed by atoms with Crippen LogP contribution in [-0.4, -0.2) is 10.9 Å². The molecule has 7 heteroatoms. The Morgan fingerprint density at radius 2 is 1.84 bits per heavy atom. The van der Waals surface area contributed by atoms with Gasteiger partial charge in [-0.15, -0.1) is 11.3 Å². The Morgan fingerprint density at radius 1 is 1.16 bits per heavy atom. The first-order valence-corrected chi connectivity index (χ1v) is 9.00. The molecule has 3 aromatic rings. The Morgan fingerprint density at radius 3 is 2.52 bits per heavy atom. The molecule has 25 heavy (non-hydrogen) atoms. The fourth-order valence-electron chi connectivity index (χ4n) is 2.20. The van der Waals surface area contributed by atoms with E-state index in [9.17, 15) is 4.79 Å². The van der Waals surface area contributed by atoms with Crippen LogP contribution in [0.1, 0.15) is 20.4 Å². The number of halogens is 2. The van der Waals surface area contributed by atoms with Gasteiger partial charge < -0.3 is 10.1 Å².